The lowest BCUT2D eigenvalue weighted by Gasteiger charge is -2.36. The van der Waals surface area contributed by atoms with Crippen molar-refractivity contribution in [3.8, 4) is 5.75 Å². The highest BCUT2D eigenvalue weighted by Crippen LogP contribution is 2.38. The average molecular weight is 391 g/mol. The maximum absolute atomic E-state index is 12.7. The van der Waals surface area contributed by atoms with E-state index < -0.39 is 0 Å². The van der Waals surface area contributed by atoms with E-state index in [1.807, 2.05) is 18.7 Å². The molecule has 2 aromatic heterocycles. The molecule has 0 aliphatic carbocycles. The van der Waals surface area contributed by atoms with Gasteiger partial charge < -0.3 is 20.3 Å². The summed E-state index contributed by atoms with van der Waals surface area (Å²) in [5, 5.41) is 0.246. The molecule has 2 N–H and O–H groups in total. The SMILES string of the molecule is COc1c(C)cnc(CN2CC(=O)N(CCN)c3c(Cl)nc(C)nc32)c1C. The summed E-state index contributed by atoms with van der Waals surface area (Å²) >= 11 is 6.36. The van der Waals surface area contributed by atoms with Gasteiger partial charge in [-0.25, -0.2) is 9.97 Å². The molecule has 1 aliphatic rings. The fraction of sp³-hybridized carbons (Fsp3) is 0.444. The smallest absolute Gasteiger partial charge is 0.246 e. The van der Waals surface area contributed by atoms with Gasteiger partial charge in [-0.2, -0.15) is 0 Å². The van der Waals surface area contributed by atoms with Crippen LogP contribution in [0.2, 0.25) is 5.15 Å². The predicted octanol–water partition coefficient (Wildman–Crippen LogP) is 1.77. The minimum absolute atomic E-state index is 0.0981. The summed E-state index contributed by atoms with van der Waals surface area (Å²) in [6.45, 7) is 6.93. The lowest BCUT2D eigenvalue weighted by molar-refractivity contribution is -0.117. The molecule has 0 aromatic carbocycles. The summed E-state index contributed by atoms with van der Waals surface area (Å²) in [5.41, 5.74) is 8.88. The van der Waals surface area contributed by atoms with Crippen molar-refractivity contribution in [2.75, 3.05) is 36.5 Å². The standard InChI is InChI=1S/C18H23ClN6O2/c1-10-7-21-13(11(2)16(10)27-4)8-24-9-14(26)25(6-5-20)15-17(19)22-12(3)23-18(15)24/h7H,5-6,8-9,20H2,1-4H3. The number of fused-ring (bicyclic) bond motifs is 1. The van der Waals surface area contributed by atoms with E-state index in [-0.39, 0.29) is 17.6 Å². The number of nitrogens with two attached hydrogens (primary N) is 1. The minimum Gasteiger partial charge on any atom is -0.496 e. The highest BCUT2D eigenvalue weighted by molar-refractivity contribution is 6.33. The molecule has 1 aliphatic heterocycles. The summed E-state index contributed by atoms with van der Waals surface area (Å²) in [6, 6.07) is 0. The number of aromatic nitrogens is 3. The van der Waals surface area contributed by atoms with Crippen molar-refractivity contribution in [3.63, 3.8) is 0 Å². The van der Waals surface area contributed by atoms with Crippen molar-refractivity contribution in [2.24, 2.45) is 5.73 Å². The largest absolute Gasteiger partial charge is 0.496 e. The van der Waals surface area contributed by atoms with Crippen LogP contribution in [0.1, 0.15) is 22.6 Å². The molecule has 0 saturated carbocycles. The number of hydrogen-bond acceptors (Lipinski definition) is 7. The van der Waals surface area contributed by atoms with Crippen LogP contribution in [0, 0.1) is 20.8 Å². The van der Waals surface area contributed by atoms with Crippen LogP contribution < -0.4 is 20.3 Å². The Labute approximate surface area is 163 Å². The minimum atomic E-state index is -0.0981. The maximum atomic E-state index is 12.7. The molecular formula is C18H23ClN6O2. The normalized spacial score (nSPS) is 13.8. The van der Waals surface area contributed by atoms with Crippen LogP contribution in [-0.4, -0.2) is 47.6 Å². The lowest BCUT2D eigenvalue weighted by Crippen LogP contribution is -2.48. The Hall–Kier alpha value is -2.45. The summed E-state index contributed by atoms with van der Waals surface area (Å²) in [5.74, 6) is 1.85. The first-order valence-electron chi connectivity index (χ1n) is 8.66. The Bertz CT molecular complexity index is 889. The molecule has 9 heteroatoms. The van der Waals surface area contributed by atoms with E-state index in [4.69, 9.17) is 22.1 Å². The van der Waals surface area contributed by atoms with Crippen molar-refractivity contribution < 1.29 is 9.53 Å². The quantitative estimate of drug-likeness (QED) is 0.777. The Morgan fingerprint density at radius 3 is 2.70 bits per heavy atom. The van der Waals surface area contributed by atoms with Crippen LogP contribution in [0.4, 0.5) is 11.5 Å². The lowest BCUT2D eigenvalue weighted by atomic mass is 10.1. The van der Waals surface area contributed by atoms with Gasteiger partial charge in [-0.05, 0) is 20.8 Å². The van der Waals surface area contributed by atoms with E-state index in [0.29, 0.717) is 37.0 Å². The molecule has 1 amide bonds. The van der Waals surface area contributed by atoms with Crippen LogP contribution in [0.15, 0.2) is 6.20 Å². The van der Waals surface area contributed by atoms with E-state index in [1.54, 1.807) is 25.1 Å². The van der Waals surface area contributed by atoms with Gasteiger partial charge in [0.2, 0.25) is 5.91 Å². The van der Waals surface area contributed by atoms with Crippen molar-refractivity contribution in [1.82, 2.24) is 15.0 Å². The average Bonchev–Trinajstić information content (AvgIpc) is 2.61. The fourth-order valence-electron chi connectivity index (χ4n) is 3.33. The second kappa shape index (κ2) is 7.66. The van der Waals surface area contributed by atoms with E-state index in [1.165, 1.54) is 0 Å². The zero-order chi connectivity index (χ0) is 19.7. The van der Waals surface area contributed by atoms with Gasteiger partial charge in [0.25, 0.3) is 0 Å². The highest BCUT2D eigenvalue weighted by Gasteiger charge is 2.33. The summed E-state index contributed by atoms with van der Waals surface area (Å²) in [7, 11) is 1.64. The molecule has 0 atom stereocenters. The van der Waals surface area contributed by atoms with Crippen LogP contribution in [0.25, 0.3) is 0 Å². The molecule has 8 nitrogen and oxygen atoms in total. The monoisotopic (exact) mass is 390 g/mol. The molecular weight excluding hydrogens is 368 g/mol. The number of rotatable bonds is 5. The van der Waals surface area contributed by atoms with Crippen molar-refractivity contribution in [2.45, 2.75) is 27.3 Å². The van der Waals surface area contributed by atoms with Gasteiger partial charge >= 0.3 is 0 Å². The third-order valence-corrected chi connectivity index (χ3v) is 4.84. The van der Waals surface area contributed by atoms with Crippen LogP contribution in [-0.2, 0) is 11.3 Å². The summed E-state index contributed by atoms with van der Waals surface area (Å²) < 4.78 is 5.49. The second-order valence-electron chi connectivity index (χ2n) is 6.47. The number of hydrogen-bond donors (Lipinski definition) is 1. The van der Waals surface area contributed by atoms with Crippen LogP contribution in [0.3, 0.4) is 0 Å². The number of amides is 1. The molecule has 144 valence electrons. The Kier molecular flexibility index (Phi) is 5.48. The number of carbonyl (C=O) groups excluding carboxylic acids is 1. The number of halogens is 1. The molecule has 0 fully saturated rings. The van der Waals surface area contributed by atoms with Gasteiger partial charge in [-0.1, -0.05) is 11.6 Å². The van der Waals surface area contributed by atoms with E-state index in [0.717, 1.165) is 22.6 Å². The van der Waals surface area contributed by atoms with Crippen LogP contribution in [0.5, 0.6) is 5.75 Å². The number of nitrogens with zero attached hydrogens (tertiary/aromatic N) is 5. The first kappa shape index (κ1) is 19.3. The van der Waals surface area contributed by atoms with Gasteiger partial charge in [-0.3, -0.25) is 9.78 Å². The zero-order valence-electron chi connectivity index (χ0n) is 15.9. The second-order valence-corrected chi connectivity index (χ2v) is 6.83. The van der Waals surface area contributed by atoms with Gasteiger partial charge in [0.1, 0.15) is 17.3 Å². The van der Waals surface area contributed by atoms with Crippen molar-refractivity contribution >= 4 is 29.0 Å². The molecule has 0 saturated heterocycles. The molecule has 0 bridgehead atoms. The topological polar surface area (TPSA) is 97.5 Å². The Morgan fingerprint density at radius 2 is 2.04 bits per heavy atom. The first-order valence-corrected chi connectivity index (χ1v) is 9.03. The number of aryl methyl sites for hydroxylation is 2. The number of methoxy groups -OCH3 is 1. The van der Waals surface area contributed by atoms with E-state index in [9.17, 15) is 4.79 Å². The van der Waals surface area contributed by atoms with Gasteiger partial charge in [0.15, 0.2) is 11.0 Å². The molecule has 27 heavy (non-hydrogen) atoms. The maximum Gasteiger partial charge on any atom is 0.246 e. The first-order chi connectivity index (χ1) is 12.9. The van der Waals surface area contributed by atoms with Crippen molar-refractivity contribution in [1.29, 1.82) is 0 Å². The fourth-order valence-corrected chi connectivity index (χ4v) is 3.64. The number of carbonyl (C=O) groups is 1. The predicted molar refractivity (Wildman–Crippen MR) is 104 cm³/mol. The molecule has 3 heterocycles. The number of anilines is 2. The Morgan fingerprint density at radius 1 is 1.30 bits per heavy atom. The molecule has 0 spiro atoms. The van der Waals surface area contributed by atoms with E-state index >= 15 is 0 Å². The van der Waals surface area contributed by atoms with Crippen LogP contribution >= 0.6 is 11.6 Å². The third-order valence-electron chi connectivity index (χ3n) is 4.57. The summed E-state index contributed by atoms with van der Waals surface area (Å²) in [6.07, 6.45) is 1.77. The molecule has 0 unspecified atom stereocenters. The molecule has 0 radical (unpaired) electrons. The highest BCUT2D eigenvalue weighted by atomic mass is 35.5. The molecule has 2 aromatic rings. The zero-order valence-corrected chi connectivity index (χ0v) is 16.7. The Balaban J connectivity index is 2.05. The summed E-state index contributed by atoms with van der Waals surface area (Å²) in [4.78, 5) is 29.4. The van der Waals surface area contributed by atoms with Gasteiger partial charge in [0.05, 0.1) is 25.9 Å². The van der Waals surface area contributed by atoms with Gasteiger partial charge in [-0.15, -0.1) is 0 Å². The molecule has 3 rings (SSSR count). The third kappa shape index (κ3) is 3.54. The number of pyridine rings is 1. The van der Waals surface area contributed by atoms with Crippen molar-refractivity contribution in [3.05, 3.63) is 34.0 Å². The van der Waals surface area contributed by atoms with E-state index in [2.05, 4.69) is 15.0 Å². The van der Waals surface area contributed by atoms with Gasteiger partial charge in [0, 0.05) is 30.4 Å². The number of ether oxygens (including phenoxy) is 1.